The molecule has 0 heterocycles. The van der Waals surface area contributed by atoms with E-state index in [4.69, 9.17) is 10.5 Å². The molecule has 1 aliphatic carbocycles. The molecule has 1 aliphatic rings. The first-order valence-corrected chi connectivity index (χ1v) is 12.3. The molecule has 38 heavy (non-hydrogen) atoms. The van der Waals surface area contributed by atoms with Gasteiger partial charge in [-0.2, -0.15) is 26.3 Å². The first kappa shape index (κ1) is 28.1. The summed E-state index contributed by atoms with van der Waals surface area (Å²) in [6.07, 6.45) is -9.61. The molecule has 4 rings (SSSR count). The monoisotopic (exact) mass is 536 g/mol. The van der Waals surface area contributed by atoms with Crippen LogP contribution in [0.25, 0.3) is 0 Å². The second-order valence-electron chi connectivity index (χ2n) is 10.1. The fourth-order valence-electron chi connectivity index (χ4n) is 5.25. The van der Waals surface area contributed by atoms with Crippen LogP contribution in [-0.2, 0) is 29.0 Å². The summed E-state index contributed by atoms with van der Waals surface area (Å²) in [5.41, 5.74) is 4.51. The molecule has 3 nitrogen and oxygen atoms in total. The van der Waals surface area contributed by atoms with Crippen LogP contribution in [0.4, 0.5) is 26.3 Å². The van der Waals surface area contributed by atoms with Crippen LogP contribution in [0.1, 0.15) is 53.7 Å². The molecule has 0 radical (unpaired) electrons. The van der Waals surface area contributed by atoms with Gasteiger partial charge in [-0.3, -0.25) is 0 Å². The van der Waals surface area contributed by atoms with Crippen molar-refractivity contribution < 1.29 is 31.1 Å². The Bertz CT molecular complexity index is 1170. The number of nitrogens with one attached hydrogen (secondary N) is 1. The van der Waals surface area contributed by atoms with Crippen molar-refractivity contribution in [3.05, 3.63) is 107 Å². The third kappa shape index (κ3) is 6.22. The molecule has 9 heteroatoms. The van der Waals surface area contributed by atoms with Crippen LogP contribution in [0.3, 0.4) is 0 Å². The van der Waals surface area contributed by atoms with E-state index in [0.29, 0.717) is 25.9 Å². The Kier molecular flexibility index (Phi) is 7.93. The highest BCUT2D eigenvalue weighted by Crippen LogP contribution is 2.51. The van der Waals surface area contributed by atoms with E-state index in [1.54, 1.807) is 0 Å². The summed E-state index contributed by atoms with van der Waals surface area (Å²) in [5.74, 6) is 0. The van der Waals surface area contributed by atoms with Crippen LogP contribution >= 0.6 is 0 Å². The number of rotatable bonds is 9. The average molecular weight is 537 g/mol. The standard InChI is InChI=1S/C29H30F6N2O/c1-20(22-12-24(28(30,31)32)14-25(13-22)29(33,34)35)38-19-26(23-10-6-3-7-11-23)16-27(17-26,18-36)37-15-21-8-4-2-5-9-21/h2-14,20,37H,15-19,36H2,1H3. The van der Waals surface area contributed by atoms with Crippen LogP contribution in [0.2, 0.25) is 0 Å². The van der Waals surface area contributed by atoms with E-state index in [2.05, 4.69) is 5.32 Å². The molecular formula is C29H30F6N2O. The maximum Gasteiger partial charge on any atom is 0.416 e. The van der Waals surface area contributed by atoms with Gasteiger partial charge in [-0.15, -0.1) is 0 Å². The minimum Gasteiger partial charge on any atom is -0.373 e. The summed E-state index contributed by atoms with van der Waals surface area (Å²) in [6.45, 7) is 2.57. The minimum absolute atomic E-state index is 0.116. The van der Waals surface area contributed by atoms with Crippen molar-refractivity contribution in [2.75, 3.05) is 13.2 Å². The highest BCUT2D eigenvalue weighted by atomic mass is 19.4. The topological polar surface area (TPSA) is 47.3 Å². The van der Waals surface area contributed by atoms with Crippen LogP contribution in [-0.4, -0.2) is 18.7 Å². The Morgan fingerprint density at radius 1 is 0.842 bits per heavy atom. The smallest absolute Gasteiger partial charge is 0.373 e. The predicted octanol–water partition coefficient (Wildman–Crippen LogP) is 7.02. The van der Waals surface area contributed by atoms with E-state index in [1.165, 1.54) is 6.92 Å². The Labute approximate surface area is 218 Å². The molecule has 1 unspecified atom stereocenters. The summed E-state index contributed by atoms with van der Waals surface area (Å²) in [6, 6.07) is 21.0. The fraction of sp³-hybridized carbons (Fsp3) is 0.379. The summed E-state index contributed by atoms with van der Waals surface area (Å²) in [4.78, 5) is 0. The second-order valence-corrected chi connectivity index (χ2v) is 10.1. The Morgan fingerprint density at radius 2 is 1.37 bits per heavy atom. The maximum atomic E-state index is 13.4. The fourth-order valence-corrected chi connectivity index (χ4v) is 5.25. The zero-order valence-electron chi connectivity index (χ0n) is 20.9. The first-order chi connectivity index (χ1) is 17.9. The lowest BCUT2D eigenvalue weighted by molar-refractivity contribution is -0.143. The van der Waals surface area contributed by atoms with Crippen molar-refractivity contribution in [1.82, 2.24) is 5.32 Å². The molecule has 3 aromatic carbocycles. The Hall–Kier alpha value is -2.88. The highest BCUT2D eigenvalue weighted by Gasteiger charge is 2.54. The molecule has 3 aromatic rings. The van der Waals surface area contributed by atoms with Gasteiger partial charge in [0.1, 0.15) is 0 Å². The van der Waals surface area contributed by atoms with Crippen molar-refractivity contribution in [3.63, 3.8) is 0 Å². The molecular weight excluding hydrogens is 506 g/mol. The van der Waals surface area contributed by atoms with E-state index in [-0.39, 0.29) is 23.8 Å². The third-order valence-corrected chi connectivity index (χ3v) is 7.33. The number of halogens is 6. The normalized spacial score (nSPS) is 22.6. The number of hydrogen-bond acceptors (Lipinski definition) is 3. The van der Waals surface area contributed by atoms with Gasteiger partial charge in [-0.1, -0.05) is 60.7 Å². The van der Waals surface area contributed by atoms with Gasteiger partial charge in [0.15, 0.2) is 0 Å². The summed E-state index contributed by atoms with van der Waals surface area (Å²) < 4.78 is 86.1. The van der Waals surface area contributed by atoms with Gasteiger partial charge >= 0.3 is 12.4 Å². The van der Waals surface area contributed by atoms with Gasteiger partial charge in [-0.05, 0) is 54.7 Å². The number of alkyl halides is 6. The van der Waals surface area contributed by atoms with Crippen molar-refractivity contribution in [3.8, 4) is 0 Å². The molecule has 1 saturated carbocycles. The molecule has 3 N–H and O–H groups in total. The summed E-state index contributed by atoms with van der Waals surface area (Å²) >= 11 is 0. The number of hydrogen-bond donors (Lipinski definition) is 2. The van der Waals surface area contributed by atoms with Crippen molar-refractivity contribution in [2.45, 2.75) is 55.7 Å². The van der Waals surface area contributed by atoms with Gasteiger partial charge in [0.25, 0.3) is 0 Å². The minimum atomic E-state index is -4.92. The van der Waals surface area contributed by atoms with Gasteiger partial charge < -0.3 is 15.8 Å². The Morgan fingerprint density at radius 3 is 1.87 bits per heavy atom. The summed E-state index contributed by atoms with van der Waals surface area (Å²) in [5, 5.41) is 3.56. The molecule has 0 saturated heterocycles. The lowest BCUT2D eigenvalue weighted by atomic mass is 9.54. The van der Waals surface area contributed by atoms with Crippen LogP contribution in [0, 0.1) is 0 Å². The molecule has 0 spiro atoms. The average Bonchev–Trinajstić information content (AvgIpc) is 2.87. The molecule has 204 valence electrons. The maximum absolute atomic E-state index is 13.4. The highest BCUT2D eigenvalue weighted by molar-refractivity contribution is 5.36. The SMILES string of the molecule is CC(OCC1(c2ccccc2)CC(CN)(NCc2ccccc2)C1)c1cc(C(F)(F)F)cc(C(F)(F)F)c1. The quantitative estimate of drug-likeness (QED) is 0.289. The molecule has 1 fully saturated rings. The summed E-state index contributed by atoms with van der Waals surface area (Å²) in [7, 11) is 0. The van der Waals surface area contributed by atoms with E-state index >= 15 is 0 Å². The number of benzene rings is 3. The molecule has 0 aliphatic heterocycles. The van der Waals surface area contributed by atoms with Crippen molar-refractivity contribution in [1.29, 1.82) is 0 Å². The van der Waals surface area contributed by atoms with E-state index < -0.39 is 35.0 Å². The number of nitrogens with two attached hydrogens (primary N) is 1. The van der Waals surface area contributed by atoms with Crippen molar-refractivity contribution in [2.24, 2.45) is 5.73 Å². The largest absolute Gasteiger partial charge is 0.416 e. The Balaban J connectivity index is 1.55. The number of ether oxygens (including phenoxy) is 1. The zero-order valence-corrected chi connectivity index (χ0v) is 20.9. The van der Waals surface area contributed by atoms with Crippen LogP contribution < -0.4 is 11.1 Å². The molecule has 0 aromatic heterocycles. The lowest BCUT2D eigenvalue weighted by Gasteiger charge is -2.57. The molecule has 0 bridgehead atoms. The lowest BCUT2D eigenvalue weighted by Crippen LogP contribution is -2.67. The van der Waals surface area contributed by atoms with E-state index in [0.717, 1.165) is 23.3 Å². The van der Waals surface area contributed by atoms with Gasteiger partial charge in [0, 0.05) is 24.0 Å². The van der Waals surface area contributed by atoms with Crippen LogP contribution in [0.5, 0.6) is 0 Å². The van der Waals surface area contributed by atoms with Gasteiger partial charge in [0.05, 0.1) is 23.8 Å². The molecule has 0 amide bonds. The van der Waals surface area contributed by atoms with Crippen molar-refractivity contribution >= 4 is 0 Å². The van der Waals surface area contributed by atoms with Crippen LogP contribution in [0.15, 0.2) is 78.9 Å². The first-order valence-electron chi connectivity index (χ1n) is 12.3. The van der Waals surface area contributed by atoms with Gasteiger partial charge in [-0.25, -0.2) is 0 Å². The predicted molar refractivity (Wildman–Crippen MR) is 133 cm³/mol. The van der Waals surface area contributed by atoms with Gasteiger partial charge in [0.2, 0.25) is 0 Å². The third-order valence-electron chi connectivity index (χ3n) is 7.33. The van der Waals surface area contributed by atoms with E-state index in [9.17, 15) is 26.3 Å². The van der Waals surface area contributed by atoms with E-state index in [1.807, 2.05) is 60.7 Å². The zero-order chi connectivity index (χ0) is 27.6. The second kappa shape index (κ2) is 10.7. The molecule has 1 atom stereocenters.